The molecule has 0 unspecified atom stereocenters. The van der Waals surface area contributed by atoms with E-state index in [-0.39, 0.29) is 5.09 Å². The van der Waals surface area contributed by atoms with Crippen molar-refractivity contribution >= 4 is 21.2 Å². The first-order valence-corrected chi connectivity index (χ1v) is 5.89. The van der Waals surface area contributed by atoms with Crippen LogP contribution < -0.4 is 0 Å². The summed E-state index contributed by atoms with van der Waals surface area (Å²) in [7, 11) is -3.40. The highest BCUT2D eigenvalue weighted by Crippen LogP contribution is 2.24. The minimum Gasteiger partial charge on any atom is -0.453 e. The molecular weight excluding hydrogens is 208 g/mol. The van der Waals surface area contributed by atoms with Crippen molar-refractivity contribution in [2.45, 2.75) is 9.30 Å². The van der Waals surface area contributed by atoms with Gasteiger partial charge in [-0.2, -0.15) is 0 Å². The van der Waals surface area contributed by atoms with Gasteiger partial charge in [-0.05, 0) is 23.6 Å². The fraction of sp³-hybridized carbons (Fsp3) is 0. The molecule has 3 nitrogen and oxygen atoms in total. The van der Waals surface area contributed by atoms with Crippen LogP contribution in [-0.2, 0) is 9.84 Å². The summed E-state index contributed by atoms with van der Waals surface area (Å²) in [5.74, 6) is 0. The molecule has 2 heterocycles. The monoisotopic (exact) mass is 214 g/mol. The van der Waals surface area contributed by atoms with Crippen LogP contribution in [0.4, 0.5) is 0 Å². The van der Waals surface area contributed by atoms with E-state index in [1.54, 1.807) is 23.6 Å². The minimum absolute atomic E-state index is 0.00468. The highest BCUT2D eigenvalue weighted by molar-refractivity contribution is 7.93. The first-order valence-electron chi connectivity index (χ1n) is 3.53. The Kier molecular flexibility index (Phi) is 1.97. The summed E-state index contributed by atoms with van der Waals surface area (Å²) in [6.07, 6.45) is 1.35. The average molecular weight is 214 g/mol. The van der Waals surface area contributed by atoms with Gasteiger partial charge in [0.1, 0.15) is 4.21 Å². The first-order chi connectivity index (χ1) is 6.21. The predicted molar refractivity (Wildman–Crippen MR) is 48.5 cm³/mol. The van der Waals surface area contributed by atoms with Crippen LogP contribution in [0.5, 0.6) is 0 Å². The van der Waals surface area contributed by atoms with Gasteiger partial charge in [0, 0.05) is 0 Å². The zero-order valence-corrected chi connectivity index (χ0v) is 8.14. The van der Waals surface area contributed by atoms with Gasteiger partial charge < -0.3 is 4.42 Å². The Morgan fingerprint density at radius 3 is 2.62 bits per heavy atom. The Labute approximate surface area is 79.5 Å². The molecule has 0 saturated carbocycles. The van der Waals surface area contributed by atoms with Gasteiger partial charge in [0.2, 0.25) is 14.9 Å². The zero-order chi connectivity index (χ0) is 9.31. The second-order valence-electron chi connectivity index (χ2n) is 2.37. The van der Waals surface area contributed by atoms with Gasteiger partial charge in [0.15, 0.2) is 0 Å². The van der Waals surface area contributed by atoms with Crippen molar-refractivity contribution in [1.29, 1.82) is 0 Å². The van der Waals surface area contributed by atoms with E-state index in [1.165, 1.54) is 23.7 Å². The molecule has 0 aliphatic carbocycles. The summed E-state index contributed by atoms with van der Waals surface area (Å²) in [5.41, 5.74) is 0. The maximum absolute atomic E-state index is 11.7. The average Bonchev–Trinajstić information content (AvgIpc) is 2.78. The molecule has 0 aromatic carbocycles. The lowest BCUT2D eigenvalue weighted by molar-refractivity contribution is 0.451. The molecule has 0 fully saturated rings. The molecule has 0 N–H and O–H groups in total. The molecule has 0 aliphatic heterocycles. The largest absolute Gasteiger partial charge is 0.453 e. The van der Waals surface area contributed by atoms with Crippen molar-refractivity contribution in [2.75, 3.05) is 0 Å². The van der Waals surface area contributed by atoms with Crippen LogP contribution in [0.1, 0.15) is 0 Å². The highest BCUT2D eigenvalue weighted by atomic mass is 32.2. The second kappa shape index (κ2) is 3.01. The second-order valence-corrected chi connectivity index (χ2v) is 5.42. The van der Waals surface area contributed by atoms with E-state index in [1.807, 2.05) is 0 Å². The van der Waals surface area contributed by atoms with Crippen molar-refractivity contribution in [3.05, 3.63) is 35.9 Å². The summed E-state index contributed by atoms with van der Waals surface area (Å²) < 4.78 is 28.5. The molecule has 13 heavy (non-hydrogen) atoms. The molecule has 0 bridgehead atoms. The Morgan fingerprint density at radius 1 is 1.23 bits per heavy atom. The molecule has 5 heteroatoms. The van der Waals surface area contributed by atoms with E-state index in [4.69, 9.17) is 4.42 Å². The van der Waals surface area contributed by atoms with E-state index < -0.39 is 9.84 Å². The van der Waals surface area contributed by atoms with E-state index >= 15 is 0 Å². The minimum atomic E-state index is -3.40. The summed E-state index contributed by atoms with van der Waals surface area (Å²) in [6, 6.07) is 6.25. The third-order valence-electron chi connectivity index (χ3n) is 1.52. The molecule has 0 amide bonds. The quantitative estimate of drug-likeness (QED) is 0.769. The molecule has 2 rings (SSSR count). The van der Waals surface area contributed by atoms with Gasteiger partial charge in [0.25, 0.3) is 0 Å². The van der Waals surface area contributed by atoms with Gasteiger partial charge in [0.05, 0.1) is 6.26 Å². The number of rotatable bonds is 2. The molecule has 0 aliphatic rings. The Hall–Kier alpha value is -1.07. The number of furan rings is 1. The lowest BCUT2D eigenvalue weighted by atomic mass is 10.7. The van der Waals surface area contributed by atoms with Crippen LogP contribution in [0.15, 0.2) is 49.6 Å². The van der Waals surface area contributed by atoms with Crippen LogP contribution in [-0.4, -0.2) is 8.42 Å². The van der Waals surface area contributed by atoms with Crippen LogP contribution in [0, 0.1) is 0 Å². The summed E-state index contributed by atoms with van der Waals surface area (Å²) >= 11 is 1.18. The topological polar surface area (TPSA) is 47.3 Å². The molecular formula is C8H6O3S2. The van der Waals surface area contributed by atoms with Crippen molar-refractivity contribution in [3.8, 4) is 0 Å². The van der Waals surface area contributed by atoms with Crippen LogP contribution >= 0.6 is 11.3 Å². The number of hydrogen-bond acceptors (Lipinski definition) is 4. The van der Waals surface area contributed by atoms with E-state index in [0.29, 0.717) is 4.21 Å². The lowest BCUT2D eigenvalue weighted by Gasteiger charge is -1.94. The standard InChI is InChI=1S/C8H6O3S2/c9-13(10,7-3-1-5-11-7)8-4-2-6-12-8/h1-6H. The van der Waals surface area contributed by atoms with E-state index in [9.17, 15) is 8.42 Å². The smallest absolute Gasteiger partial charge is 0.248 e. The summed E-state index contributed by atoms with van der Waals surface area (Å²) in [5, 5.41) is 1.71. The molecule has 68 valence electrons. The van der Waals surface area contributed by atoms with Gasteiger partial charge in [-0.15, -0.1) is 11.3 Å². The van der Waals surface area contributed by atoms with Gasteiger partial charge >= 0.3 is 0 Å². The van der Waals surface area contributed by atoms with Gasteiger partial charge in [-0.25, -0.2) is 8.42 Å². The molecule has 2 aromatic rings. The molecule has 0 saturated heterocycles. The Balaban J connectivity index is 2.56. The van der Waals surface area contributed by atoms with E-state index in [0.717, 1.165) is 0 Å². The van der Waals surface area contributed by atoms with Gasteiger partial charge in [-0.1, -0.05) is 6.07 Å². The molecule has 0 atom stereocenters. The highest BCUT2D eigenvalue weighted by Gasteiger charge is 2.20. The van der Waals surface area contributed by atoms with Crippen LogP contribution in [0.3, 0.4) is 0 Å². The molecule has 0 spiro atoms. The number of thiophene rings is 1. The maximum atomic E-state index is 11.7. The first kappa shape index (κ1) is 8.52. The van der Waals surface area contributed by atoms with Crippen molar-refractivity contribution in [1.82, 2.24) is 0 Å². The van der Waals surface area contributed by atoms with Crippen molar-refractivity contribution in [3.63, 3.8) is 0 Å². The van der Waals surface area contributed by atoms with Crippen LogP contribution in [0.2, 0.25) is 0 Å². The molecule has 0 radical (unpaired) electrons. The number of sulfone groups is 1. The third kappa shape index (κ3) is 1.40. The third-order valence-corrected chi connectivity index (χ3v) is 4.56. The predicted octanol–water partition coefficient (Wildman–Crippen LogP) is 2.17. The summed E-state index contributed by atoms with van der Waals surface area (Å²) in [4.78, 5) is 0. The normalized spacial score (nSPS) is 11.7. The van der Waals surface area contributed by atoms with E-state index in [2.05, 4.69) is 0 Å². The van der Waals surface area contributed by atoms with Crippen LogP contribution in [0.25, 0.3) is 0 Å². The lowest BCUT2D eigenvalue weighted by Crippen LogP contribution is -1.96. The fourth-order valence-corrected chi connectivity index (χ4v) is 3.20. The zero-order valence-electron chi connectivity index (χ0n) is 6.51. The van der Waals surface area contributed by atoms with Crippen molar-refractivity contribution < 1.29 is 12.8 Å². The SMILES string of the molecule is O=S(=O)(c1ccco1)c1cccs1. The Bertz CT molecular complexity index is 425. The molecule has 2 aromatic heterocycles. The fourth-order valence-electron chi connectivity index (χ4n) is 0.932. The van der Waals surface area contributed by atoms with Crippen molar-refractivity contribution in [2.24, 2.45) is 0 Å². The summed E-state index contributed by atoms with van der Waals surface area (Å²) in [6.45, 7) is 0. The maximum Gasteiger partial charge on any atom is 0.248 e. The van der Waals surface area contributed by atoms with Gasteiger partial charge in [-0.3, -0.25) is 0 Å². The Morgan fingerprint density at radius 2 is 2.08 bits per heavy atom. The number of hydrogen-bond donors (Lipinski definition) is 0.